The van der Waals surface area contributed by atoms with Crippen LogP contribution >= 0.6 is 0 Å². The monoisotopic (exact) mass is 477 g/mol. The van der Waals surface area contributed by atoms with Gasteiger partial charge in [-0.05, 0) is 46.5 Å². The molecule has 2 unspecified atom stereocenters. The number of hydrogen-bond donors (Lipinski definition) is 1. The van der Waals surface area contributed by atoms with Crippen LogP contribution in [0.4, 0.5) is 4.79 Å². The fourth-order valence-electron chi connectivity index (χ4n) is 3.61. The second-order valence-electron chi connectivity index (χ2n) is 9.20. The highest BCUT2D eigenvalue weighted by atomic mass is 16.7. The van der Waals surface area contributed by atoms with Gasteiger partial charge in [-0.2, -0.15) is 0 Å². The average Bonchev–Trinajstić information content (AvgIpc) is 3.20. The Balaban J connectivity index is 1.39. The van der Waals surface area contributed by atoms with Crippen LogP contribution in [0.3, 0.4) is 0 Å². The molecule has 2 heterocycles. The van der Waals surface area contributed by atoms with Crippen LogP contribution in [0.1, 0.15) is 46.5 Å². The molecule has 33 heavy (non-hydrogen) atoms. The number of hydrogen-bond acceptors (Lipinski definition) is 9. The van der Waals surface area contributed by atoms with Crippen LogP contribution in [0.5, 0.6) is 0 Å². The van der Waals surface area contributed by atoms with Crippen LogP contribution < -0.4 is 0 Å². The molecule has 3 atom stereocenters. The topological polar surface area (TPSA) is 105 Å². The highest BCUT2D eigenvalue weighted by molar-refractivity contribution is 5.69. The lowest BCUT2D eigenvalue weighted by Crippen LogP contribution is -2.41. The molecule has 1 amide bonds. The number of carbonyl (C=O) groups excluding carboxylic acids is 1. The Morgan fingerprint density at radius 3 is 2.09 bits per heavy atom. The molecule has 0 spiro atoms. The first kappa shape index (κ1) is 28.2. The summed E-state index contributed by atoms with van der Waals surface area (Å²) in [5.74, 6) is 0. The molecule has 194 valence electrons. The fraction of sp³-hybridized carbons (Fsp3) is 0.957. The molecular weight excluding hydrogens is 434 g/mol. The Morgan fingerprint density at radius 2 is 1.55 bits per heavy atom. The lowest BCUT2D eigenvalue weighted by Gasteiger charge is -2.27. The van der Waals surface area contributed by atoms with Gasteiger partial charge in [0.2, 0.25) is 0 Å². The number of aliphatic hydroxyl groups is 1. The van der Waals surface area contributed by atoms with Crippen molar-refractivity contribution in [2.45, 2.75) is 70.5 Å². The lowest BCUT2D eigenvalue weighted by molar-refractivity contribution is -0.169. The van der Waals surface area contributed by atoms with Crippen molar-refractivity contribution in [2.24, 2.45) is 0 Å². The van der Waals surface area contributed by atoms with Crippen LogP contribution in [0.15, 0.2) is 0 Å². The summed E-state index contributed by atoms with van der Waals surface area (Å²) < 4.78 is 38.8. The van der Waals surface area contributed by atoms with Crippen molar-refractivity contribution >= 4 is 6.09 Å². The van der Waals surface area contributed by atoms with Crippen molar-refractivity contribution in [2.75, 3.05) is 72.6 Å². The highest BCUT2D eigenvalue weighted by Crippen LogP contribution is 2.23. The molecule has 0 aliphatic carbocycles. The normalized spacial score (nSPS) is 23.8. The van der Waals surface area contributed by atoms with E-state index in [4.69, 9.17) is 33.2 Å². The molecule has 1 N–H and O–H groups in total. The standard InChI is InChI=1S/C23H43NO9/c1-23(2,3)33-22(26)24-17-20(16-19(24)18-25)30-14-12-28-10-8-27-9-11-29-13-15-32-21-6-4-5-7-31-21/h19-21,25H,4-18H2,1-3H3/t19?,20-,21?/m1/s1. The van der Waals surface area contributed by atoms with E-state index in [0.717, 1.165) is 25.9 Å². The number of rotatable bonds is 15. The highest BCUT2D eigenvalue weighted by Gasteiger charge is 2.37. The quantitative estimate of drug-likeness (QED) is 0.354. The van der Waals surface area contributed by atoms with E-state index in [-0.39, 0.29) is 25.0 Å². The number of likely N-dealkylation sites (tertiary alicyclic amines) is 1. The third-order valence-corrected chi connectivity index (χ3v) is 5.21. The van der Waals surface area contributed by atoms with E-state index in [9.17, 15) is 9.90 Å². The largest absolute Gasteiger partial charge is 0.444 e. The third kappa shape index (κ3) is 12.3. The first-order chi connectivity index (χ1) is 15.9. The fourth-order valence-corrected chi connectivity index (χ4v) is 3.61. The maximum atomic E-state index is 12.3. The molecule has 2 aliphatic heterocycles. The predicted octanol–water partition coefficient (Wildman–Crippen LogP) is 1.97. The Kier molecular flexibility index (Phi) is 13.5. The molecule has 0 aromatic carbocycles. The van der Waals surface area contributed by atoms with E-state index in [1.165, 1.54) is 0 Å². The second kappa shape index (κ2) is 15.8. The number of amides is 1. The summed E-state index contributed by atoms with van der Waals surface area (Å²) >= 11 is 0. The zero-order chi connectivity index (χ0) is 23.9. The van der Waals surface area contributed by atoms with E-state index >= 15 is 0 Å². The number of ether oxygens (including phenoxy) is 7. The van der Waals surface area contributed by atoms with Crippen LogP contribution in [0.25, 0.3) is 0 Å². The van der Waals surface area contributed by atoms with Gasteiger partial charge in [-0.3, -0.25) is 0 Å². The van der Waals surface area contributed by atoms with Gasteiger partial charge in [-0.15, -0.1) is 0 Å². The van der Waals surface area contributed by atoms with E-state index in [0.29, 0.717) is 65.8 Å². The van der Waals surface area contributed by atoms with Gasteiger partial charge in [0.1, 0.15) is 5.60 Å². The van der Waals surface area contributed by atoms with Gasteiger partial charge in [0, 0.05) is 6.61 Å². The first-order valence-corrected chi connectivity index (χ1v) is 12.1. The molecule has 0 radical (unpaired) electrons. The molecule has 2 fully saturated rings. The van der Waals surface area contributed by atoms with Crippen molar-refractivity contribution < 1.29 is 43.1 Å². The number of aliphatic hydroxyl groups excluding tert-OH is 1. The van der Waals surface area contributed by atoms with Gasteiger partial charge in [0.05, 0.1) is 78.2 Å². The zero-order valence-corrected chi connectivity index (χ0v) is 20.5. The molecule has 0 saturated carbocycles. The van der Waals surface area contributed by atoms with Crippen molar-refractivity contribution in [1.29, 1.82) is 0 Å². The number of nitrogens with zero attached hydrogens (tertiary/aromatic N) is 1. The minimum absolute atomic E-state index is 0.0755. The van der Waals surface area contributed by atoms with Gasteiger partial charge in [0.25, 0.3) is 0 Å². The molecule has 10 nitrogen and oxygen atoms in total. The van der Waals surface area contributed by atoms with Crippen LogP contribution in [-0.2, 0) is 33.2 Å². The Bertz CT molecular complexity index is 523. The van der Waals surface area contributed by atoms with E-state index in [2.05, 4.69) is 0 Å². The van der Waals surface area contributed by atoms with E-state index < -0.39 is 11.7 Å². The summed E-state index contributed by atoms with van der Waals surface area (Å²) in [6, 6.07) is -0.284. The van der Waals surface area contributed by atoms with Gasteiger partial charge in [-0.1, -0.05) is 0 Å². The zero-order valence-electron chi connectivity index (χ0n) is 20.5. The second-order valence-corrected chi connectivity index (χ2v) is 9.20. The summed E-state index contributed by atoms with van der Waals surface area (Å²) in [6.45, 7) is 10.4. The Labute approximate surface area is 197 Å². The molecule has 2 rings (SSSR count). The Morgan fingerprint density at radius 1 is 0.939 bits per heavy atom. The molecule has 2 saturated heterocycles. The van der Waals surface area contributed by atoms with Gasteiger partial charge < -0.3 is 43.2 Å². The summed E-state index contributed by atoms with van der Waals surface area (Å²) in [6.07, 6.45) is 3.18. The Hall–Kier alpha value is -1.01. The van der Waals surface area contributed by atoms with Crippen molar-refractivity contribution in [3.05, 3.63) is 0 Å². The average molecular weight is 478 g/mol. The first-order valence-electron chi connectivity index (χ1n) is 12.1. The van der Waals surface area contributed by atoms with Crippen LogP contribution in [0.2, 0.25) is 0 Å². The summed E-state index contributed by atoms with van der Waals surface area (Å²) in [5, 5.41) is 9.56. The molecular formula is C23H43NO9. The van der Waals surface area contributed by atoms with Crippen LogP contribution in [-0.4, -0.2) is 113 Å². The van der Waals surface area contributed by atoms with Gasteiger partial charge in [0.15, 0.2) is 6.29 Å². The van der Waals surface area contributed by atoms with Crippen molar-refractivity contribution in [3.8, 4) is 0 Å². The maximum Gasteiger partial charge on any atom is 0.410 e. The SMILES string of the molecule is CC(C)(C)OC(=O)N1C[C@H](OCCOCCOCCOCCOC2CCCCO2)CC1CO. The van der Waals surface area contributed by atoms with Crippen molar-refractivity contribution in [1.82, 2.24) is 4.90 Å². The molecule has 0 aromatic heterocycles. The van der Waals surface area contributed by atoms with Crippen LogP contribution in [0, 0.1) is 0 Å². The summed E-state index contributed by atoms with van der Waals surface area (Å²) in [5.41, 5.74) is -0.573. The van der Waals surface area contributed by atoms with Gasteiger partial charge >= 0.3 is 6.09 Å². The van der Waals surface area contributed by atoms with E-state index in [1.807, 2.05) is 20.8 Å². The molecule has 2 aliphatic rings. The van der Waals surface area contributed by atoms with E-state index in [1.54, 1.807) is 4.90 Å². The molecule has 10 heteroatoms. The minimum Gasteiger partial charge on any atom is -0.444 e. The minimum atomic E-state index is -0.573. The van der Waals surface area contributed by atoms with Crippen molar-refractivity contribution in [3.63, 3.8) is 0 Å². The predicted molar refractivity (Wildman–Crippen MR) is 120 cm³/mol. The third-order valence-electron chi connectivity index (χ3n) is 5.21. The van der Waals surface area contributed by atoms with Gasteiger partial charge in [-0.25, -0.2) is 4.79 Å². The molecule has 0 bridgehead atoms. The lowest BCUT2D eigenvalue weighted by atomic mass is 10.2. The summed E-state index contributed by atoms with van der Waals surface area (Å²) in [4.78, 5) is 13.8. The summed E-state index contributed by atoms with van der Waals surface area (Å²) in [7, 11) is 0. The smallest absolute Gasteiger partial charge is 0.410 e. The number of carbonyl (C=O) groups is 1. The molecule has 0 aromatic rings. The maximum absolute atomic E-state index is 12.3.